The van der Waals surface area contributed by atoms with Crippen LogP contribution in [0.2, 0.25) is 0 Å². The molecule has 240 valence electrons. The smallest absolute Gasteiger partial charge is 0.298 e. The van der Waals surface area contributed by atoms with Gasteiger partial charge >= 0.3 is 0 Å². The Labute approximate surface area is 262 Å². The van der Waals surface area contributed by atoms with E-state index in [1.54, 1.807) is 32.1 Å². The van der Waals surface area contributed by atoms with Crippen molar-refractivity contribution in [2.45, 2.75) is 4.90 Å². The van der Waals surface area contributed by atoms with E-state index in [2.05, 4.69) is 30.1 Å². The molecule has 0 unspecified atom stereocenters. The fourth-order valence-electron chi connectivity index (χ4n) is 4.75. The van der Waals surface area contributed by atoms with E-state index < -0.39 is 15.0 Å². The molecule has 5 N–H and O–H groups in total. The van der Waals surface area contributed by atoms with Crippen LogP contribution in [0.4, 0.5) is 11.9 Å². The second-order valence-corrected chi connectivity index (χ2v) is 11.0. The molecule has 2 aromatic carbocycles. The van der Waals surface area contributed by atoms with Crippen LogP contribution in [0.15, 0.2) is 47.6 Å². The number of nitrogens with zero attached hydrogens (tertiary/aromatic N) is 8. The van der Waals surface area contributed by atoms with Crippen molar-refractivity contribution in [3.05, 3.63) is 42.7 Å². The Balaban J connectivity index is 0.000000184. The van der Waals surface area contributed by atoms with E-state index in [1.165, 1.54) is 37.2 Å². The molecule has 0 aliphatic heterocycles. The van der Waals surface area contributed by atoms with Crippen LogP contribution in [-0.2, 0) is 24.2 Å². The Hall–Kier alpha value is -5.75. The minimum Gasteiger partial charge on any atom is -0.497 e. The Morgan fingerprint density at radius 3 is 1.67 bits per heavy atom. The van der Waals surface area contributed by atoms with Gasteiger partial charge in [0.1, 0.15) is 39.3 Å². The third kappa shape index (κ3) is 5.85. The van der Waals surface area contributed by atoms with E-state index in [9.17, 15) is 13.0 Å². The number of nitrogens with two attached hydrogens (primary N) is 2. The molecule has 0 atom stereocenters. The molecule has 0 aliphatic carbocycles. The molecule has 0 saturated heterocycles. The first kappa shape index (κ1) is 31.7. The molecule has 6 rings (SSSR count). The SMILES string of the molecule is COc1cc(OC)c(S(=O)(=O)O)cc1-c1nn(C)c2nc(N)ncc12.COc1ccc(-c2nn(C)c3nc(N)ncc23)c(OC)c1. The highest BCUT2D eigenvalue weighted by Gasteiger charge is 2.24. The highest BCUT2D eigenvalue weighted by Crippen LogP contribution is 2.40. The quantitative estimate of drug-likeness (QED) is 0.211. The molecule has 0 saturated carbocycles. The predicted octanol–water partition coefficient (Wildman–Crippen LogP) is 2.51. The summed E-state index contributed by atoms with van der Waals surface area (Å²) >= 11 is 0. The van der Waals surface area contributed by atoms with Gasteiger partial charge in [-0.1, -0.05) is 0 Å². The maximum absolute atomic E-state index is 11.7. The summed E-state index contributed by atoms with van der Waals surface area (Å²) in [5, 5.41) is 10.2. The standard InChI is InChI=1S/C14H15N5O5S.C14H15N5O2/c1-19-13-8(6-16-14(15)17-13)12(18-19)7-4-11(25(20,21)22)10(24-3)5-9(7)23-2;1-19-13-10(7-16-14(15)17-13)12(18-19)9-5-4-8(20-2)6-11(9)21-3/h4-6H,1-3H3,(H2,15,16,17)(H,20,21,22);4-7H,1-3H3,(H2,15,16,17). The fraction of sp³-hybridized carbons (Fsp3) is 0.214. The molecule has 0 radical (unpaired) electrons. The molecular formula is C28H30N10O7S. The third-order valence-corrected chi connectivity index (χ3v) is 7.76. The van der Waals surface area contributed by atoms with E-state index in [4.69, 9.17) is 30.4 Å². The highest BCUT2D eigenvalue weighted by molar-refractivity contribution is 7.86. The van der Waals surface area contributed by atoms with Gasteiger partial charge in [0.25, 0.3) is 10.1 Å². The van der Waals surface area contributed by atoms with Crippen molar-refractivity contribution in [2.75, 3.05) is 39.9 Å². The van der Waals surface area contributed by atoms with E-state index in [-0.39, 0.29) is 17.6 Å². The molecule has 4 heterocycles. The Kier molecular flexibility index (Phi) is 8.49. The Morgan fingerprint density at radius 2 is 1.20 bits per heavy atom. The summed E-state index contributed by atoms with van der Waals surface area (Å²) in [6, 6.07) is 8.16. The van der Waals surface area contributed by atoms with Gasteiger partial charge in [0.2, 0.25) is 11.9 Å². The molecule has 17 nitrogen and oxygen atoms in total. The average Bonchev–Trinajstić information content (AvgIpc) is 3.54. The number of aromatic nitrogens is 8. The third-order valence-electron chi connectivity index (χ3n) is 6.88. The Bertz CT molecular complexity index is 2200. The van der Waals surface area contributed by atoms with Crippen molar-refractivity contribution >= 4 is 44.1 Å². The van der Waals surface area contributed by atoms with Crippen molar-refractivity contribution < 1.29 is 31.9 Å². The number of anilines is 2. The lowest BCUT2D eigenvalue weighted by Crippen LogP contribution is -2.03. The van der Waals surface area contributed by atoms with Gasteiger partial charge in [0.05, 0.1) is 39.2 Å². The van der Waals surface area contributed by atoms with E-state index in [1.807, 2.05) is 25.2 Å². The normalized spacial score (nSPS) is 11.3. The van der Waals surface area contributed by atoms with Crippen molar-refractivity contribution in [3.8, 4) is 45.5 Å². The van der Waals surface area contributed by atoms with Crippen LogP contribution in [-0.4, -0.2) is 80.9 Å². The van der Waals surface area contributed by atoms with Crippen LogP contribution in [0.1, 0.15) is 0 Å². The lowest BCUT2D eigenvalue weighted by molar-refractivity contribution is 0.384. The van der Waals surface area contributed by atoms with Gasteiger partial charge in [-0.25, -0.2) is 19.3 Å². The molecule has 18 heteroatoms. The number of hydrogen-bond donors (Lipinski definition) is 3. The molecule has 0 spiro atoms. The summed E-state index contributed by atoms with van der Waals surface area (Å²) in [4.78, 5) is 15.9. The number of rotatable bonds is 7. The monoisotopic (exact) mass is 650 g/mol. The number of fused-ring (bicyclic) bond motifs is 2. The summed E-state index contributed by atoms with van der Waals surface area (Å²) in [5.74, 6) is 1.95. The predicted molar refractivity (Wildman–Crippen MR) is 168 cm³/mol. The van der Waals surface area contributed by atoms with Gasteiger partial charge in [0.15, 0.2) is 11.3 Å². The zero-order chi connectivity index (χ0) is 33.3. The molecule has 0 aliphatic rings. The minimum absolute atomic E-state index is 0.0520. The van der Waals surface area contributed by atoms with Crippen LogP contribution in [0, 0.1) is 0 Å². The second kappa shape index (κ2) is 12.3. The molecule has 46 heavy (non-hydrogen) atoms. The van der Waals surface area contributed by atoms with Crippen LogP contribution >= 0.6 is 0 Å². The van der Waals surface area contributed by atoms with E-state index in [0.717, 1.165) is 22.4 Å². The van der Waals surface area contributed by atoms with Gasteiger partial charge in [0, 0.05) is 49.7 Å². The Morgan fingerprint density at radius 1 is 0.696 bits per heavy atom. The zero-order valence-electron chi connectivity index (χ0n) is 25.6. The second-order valence-electron chi connectivity index (χ2n) is 9.62. The number of benzene rings is 2. The van der Waals surface area contributed by atoms with E-state index in [0.29, 0.717) is 39.4 Å². The van der Waals surface area contributed by atoms with Crippen molar-refractivity contribution in [3.63, 3.8) is 0 Å². The highest BCUT2D eigenvalue weighted by atomic mass is 32.2. The van der Waals surface area contributed by atoms with Gasteiger partial charge in [-0.05, 0) is 18.2 Å². The maximum atomic E-state index is 11.7. The largest absolute Gasteiger partial charge is 0.497 e. The minimum atomic E-state index is -4.52. The van der Waals surface area contributed by atoms with Crippen molar-refractivity contribution in [1.29, 1.82) is 0 Å². The number of nitrogen functional groups attached to an aromatic ring is 2. The van der Waals surface area contributed by atoms with Crippen LogP contribution in [0.25, 0.3) is 44.6 Å². The number of aryl methyl sites for hydroxylation is 2. The number of ether oxygens (including phenoxy) is 4. The zero-order valence-corrected chi connectivity index (χ0v) is 26.4. The lowest BCUT2D eigenvalue weighted by Gasteiger charge is -2.12. The average molecular weight is 651 g/mol. The summed E-state index contributed by atoms with van der Waals surface area (Å²) in [6.45, 7) is 0. The van der Waals surface area contributed by atoms with Gasteiger partial charge in [-0.15, -0.1) is 0 Å². The summed E-state index contributed by atoms with van der Waals surface area (Å²) in [6.07, 6.45) is 3.15. The van der Waals surface area contributed by atoms with Gasteiger partial charge in [-0.2, -0.15) is 28.6 Å². The first-order chi connectivity index (χ1) is 21.9. The topological polar surface area (TPSA) is 231 Å². The molecule has 0 bridgehead atoms. The van der Waals surface area contributed by atoms with Gasteiger partial charge < -0.3 is 30.4 Å². The fourth-order valence-corrected chi connectivity index (χ4v) is 5.41. The summed E-state index contributed by atoms with van der Waals surface area (Å²) < 4.78 is 57.0. The molecule has 4 aromatic heterocycles. The van der Waals surface area contributed by atoms with Crippen molar-refractivity contribution in [2.24, 2.45) is 14.1 Å². The van der Waals surface area contributed by atoms with Gasteiger partial charge in [-0.3, -0.25) is 4.55 Å². The number of hydrogen-bond acceptors (Lipinski definition) is 14. The van der Waals surface area contributed by atoms with Crippen LogP contribution in [0.5, 0.6) is 23.0 Å². The molecular weight excluding hydrogens is 620 g/mol. The van der Waals surface area contributed by atoms with E-state index >= 15 is 0 Å². The summed E-state index contributed by atoms with van der Waals surface area (Å²) in [5.41, 5.74) is 14.7. The lowest BCUT2D eigenvalue weighted by atomic mass is 10.1. The number of methoxy groups -OCH3 is 4. The molecule has 6 aromatic rings. The first-order valence-corrected chi connectivity index (χ1v) is 14.7. The van der Waals surface area contributed by atoms with Crippen LogP contribution in [0.3, 0.4) is 0 Å². The van der Waals surface area contributed by atoms with Crippen LogP contribution < -0.4 is 30.4 Å². The molecule has 0 fully saturated rings. The maximum Gasteiger partial charge on any atom is 0.298 e. The summed E-state index contributed by atoms with van der Waals surface area (Å²) in [7, 11) is 4.89. The first-order valence-electron chi connectivity index (χ1n) is 13.3. The molecule has 0 amide bonds. The van der Waals surface area contributed by atoms with Crippen molar-refractivity contribution in [1.82, 2.24) is 39.5 Å².